The maximum absolute atomic E-state index is 6.13. The summed E-state index contributed by atoms with van der Waals surface area (Å²) < 4.78 is 0. The van der Waals surface area contributed by atoms with Gasteiger partial charge in [-0.15, -0.1) is 22.7 Å². The van der Waals surface area contributed by atoms with Gasteiger partial charge in [0.2, 0.25) is 0 Å². The van der Waals surface area contributed by atoms with E-state index in [4.69, 9.17) is 22.9 Å². The Kier molecular flexibility index (Phi) is 2.96. The van der Waals surface area contributed by atoms with Crippen LogP contribution in [0.15, 0.2) is 23.2 Å². The molecule has 0 amide bonds. The minimum atomic E-state index is 0.386. The van der Waals surface area contributed by atoms with Crippen LogP contribution in [-0.2, 0) is 0 Å². The summed E-state index contributed by atoms with van der Waals surface area (Å²) in [4.78, 5) is 8.43. The quantitative estimate of drug-likeness (QED) is 0.537. The van der Waals surface area contributed by atoms with Crippen molar-refractivity contribution in [2.75, 3.05) is 22.9 Å². The van der Waals surface area contributed by atoms with Crippen molar-refractivity contribution in [2.24, 2.45) is 0 Å². The highest BCUT2D eigenvalue weighted by molar-refractivity contribution is 7.13. The Hall–Kier alpha value is -2.32. The van der Waals surface area contributed by atoms with Gasteiger partial charge in [-0.25, -0.2) is 9.97 Å². The number of nitrogens with two attached hydrogens (primary N) is 4. The van der Waals surface area contributed by atoms with Crippen molar-refractivity contribution in [3.05, 3.63) is 23.2 Å². The van der Waals surface area contributed by atoms with Crippen LogP contribution in [-0.4, -0.2) is 9.97 Å². The molecule has 0 aliphatic carbocycles. The lowest BCUT2D eigenvalue weighted by molar-refractivity contribution is 1.40. The second-order valence-electron chi connectivity index (χ2n) is 4.08. The summed E-state index contributed by atoms with van der Waals surface area (Å²) in [5, 5.41) is 5.08. The predicted molar refractivity (Wildman–Crippen MR) is 86.3 cm³/mol. The van der Waals surface area contributed by atoms with Crippen molar-refractivity contribution in [1.82, 2.24) is 9.97 Å². The number of nitrogens with zero attached hydrogens (tertiary/aromatic N) is 2. The Labute approximate surface area is 123 Å². The zero-order valence-corrected chi connectivity index (χ0v) is 12.0. The topological polar surface area (TPSA) is 130 Å². The summed E-state index contributed by atoms with van der Waals surface area (Å²) in [5.41, 5.74) is 27.3. The van der Waals surface area contributed by atoms with Crippen LogP contribution in [0.4, 0.5) is 22.7 Å². The van der Waals surface area contributed by atoms with Gasteiger partial charge in [0.25, 0.3) is 0 Å². The molecule has 0 atom stereocenters. The third-order valence-corrected chi connectivity index (χ3v) is 4.53. The molecule has 2 aromatic heterocycles. The normalized spacial score (nSPS) is 10.8. The highest BCUT2D eigenvalue weighted by Crippen LogP contribution is 2.47. The first kappa shape index (κ1) is 12.7. The zero-order chi connectivity index (χ0) is 14.3. The average Bonchev–Trinajstić information content (AvgIpc) is 3.10. The Morgan fingerprint density at radius 3 is 1.25 bits per heavy atom. The highest BCUT2D eigenvalue weighted by atomic mass is 32.1. The van der Waals surface area contributed by atoms with Gasteiger partial charge in [-0.3, -0.25) is 0 Å². The first-order chi connectivity index (χ1) is 9.61. The van der Waals surface area contributed by atoms with Crippen LogP contribution in [0.2, 0.25) is 0 Å². The van der Waals surface area contributed by atoms with Crippen molar-refractivity contribution in [3.8, 4) is 21.1 Å². The van der Waals surface area contributed by atoms with Crippen molar-refractivity contribution in [1.29, 1.82) is 0 Å². The number of thiazole rings is 2. The third-order valence-electron chi connectivity index (χ3n) is 2.95. The third kappa shape index (κ3) is 1.77. The maximum Gasteiger partial charge on any atom is 0.127 e. The van der Waals surface area contributed by atoms with E-state index >= 15 is 0 Å². The molecule has 0 saturated carbocycles. The molecular weight excluding hydrogens is 292 g/mol. The summed E-state index contributed by atoms with van der Waals surface area (Å²) >= 11 is 2.86. The van der Waals surface area contributed by atoms with Crippen LogP contribution in [0, 0.1) is 0 Å². The minimum absolute atomic E-state index is 0.386. The molecule has 0 fully saturated rings. The van der Waals surface area contributed by atoms with Gasteiger partial charge >= 0.3 is 0 Å². The lowest BCUT2D eigenvalue weighted by atomic mass is 10.0. The number of hydrogen-bond acceptors (Lipinski definition) is 8. The number of hydrogen-bond donors (Lipinski definition) is 4. The van der Waals surface area contributed by atoms with Crippen LogP contribution < -0.4 is 22.9 Å². The Morgan fingerprint density at radius 2 is 1.00 bits per heavy atom. The van der Waals surface area contributed by atoms with Gasteiger partial charge in [-0.2, -0.15) is 0 Å². The molecule has 8 heteroatoms. The van der Waals surface area contributed by atoms with Crippen LogP contribution >= 0.6 is 22.7 Å². The van der Waals surface area contributed by atoms with Crippen LogP contribution in [0.25, 0.3) is 21.1 Å². The molecule has 0 aliphatic heterocycles. The van der Waals surface area contributed by atoms with Crippen LogP contribution in [0.5, 0.6) is 0 Å². The molecule has 3 rings (SSSR count). The molecule has 0 unspecified atom stereocenters. The SMILES string of the molecule is Nc1c(N)c(-c2nccs2)c(N)c(N)c1-c1nccs1. The summed E-state index contributed by atoms with van der Waals surface area (Å²) in [6.07, 6.45) is 3.36. The van der Waals surface area contributed by atoms with Gasteiger partial charge in [0, 0.05) is 23.2 Å². The molecule has 20 heavy (non-hydrogen) atoms. The van der Waals surface area contributed by atoms with Crippen molar-refractivity contribution in [3.63, 3.8) is 0 Å². The first-order valence-corrected chi connectivity index (χ1v) is 7.42. The summed E-state index contributed by atoms with van der Waals surface area (Å²) in [6.45, 7) is 0. The predicted octanol–water partition coefficient (Wildman–Crippen LogP) is 2.26. The number of anilines is 4. The van der Waals surface area contributed by atoms with Gasteiger partial charge in [0.15, 0.2) is 0 Å². The lowest BCUT2D eigenvalue weighted by Gasteiger charge is -2.16. The highest BCUT2D eigenvalue weighted by Gasteiger charge is 2.22. The van der Waals surface area contributed by atoms with E-state index < -0.39 is 0 Å². The number of aromatic nitrogens is 2. The van der Waals surface area contributed by atoms with E-state index in [1.807, 2.05) is 10.8 Å². The van der Waals surface area contributed by atoms with E-state index in [9.17, 15) is 0 Å². The van der Waals surface area contributed by atoms with Gasteiger partial charge in [0.1, 0.15) is 10.0 Å². The standard InChI is InChI=1S/C12H12N6S2/c13-7-5(11-17-1-3-19-11)8(14)10(16)6(9(7)15)12-18-2-4-20-12/h1-4H,13-16H2. The van der Waals surface area contributed by atoms with E-state index in [-0.39, 0.29) is 0 Å². The number of benzene rings is 1. The Balaban J connectivity index is 2.33. The Bertz CT molecular complexity index is 655. The second kappa shape index (κ2) is 4.66. The fourth-order valence-electron chi connectivity index (χ4n) is 1.98. The smallest absolute Gasteiger partial charge is 0.127 e. The lowest BCUT2D eigenvalue weighted by Crippen LogP contribution is -2.07. The molecule has 3 aromatic rings. The van der Waals surface area contributed by atoms with Crippen LogP contribution in [0.3, 0.4) is 0 Å². The van der Waals surface area contributed by atoms with E-state index in [2.05, 4.69) is 9.97 Å². The van der Waals surface area contributed by atoms with Gasteiger partial charge < -0.3 is 22.9 Å². The summed E-state index contributed by atoms with van der Waals surface area (Å²) in [6, 6.07) is 0. The second-order valence-corrected chi connectivity index (χ2v) is 5.87. The van der Waals surface area contributed by atoms with Crippen molar-refractivity contribution >= 4 is 45.4 Å². The maximum atomic E-state index is 6.13. The van der Waals surface area contributed by atoms with E-state index in [1.54, 1.807) is 12.4 Å². The number of nitrogen functional groups attached to an aromatic ring is 4. The van der Waals surface area contributed by atoms with Crippen molar-refractivity contribution in [2.45, 2.75) is 0 Å². The van der Waals surface area contributed by atoms with E-state index in [0.717, 1.165) is 0 Å². The Morgan fingerprint density at radius 1 is 0.650 bits per heavy atom. The van der Waals surface area contributed by atoms with E-state index in [0.29, 0.717) is 43.9 Å². The minimum Gasteiger partial charge on any atom is -0.396 e. The van der Waals surface area contributed by atoms with Crippen LogP contribution in [0.1, 0.15) is 0 Å². The zero-order valence-electron chi connectivity index (χ0n) is 10.3. The molecule has 0 spiro atoms. The largest absolute Gasteiger partial charge is 0.396 e. The first-order valence-electron chi connectivity index (χ1n) is 5.66. The molecule has 0 saturated heterocycles. The molecular formula is C12H12N6S2. The molecule has 0 aliphatic rings. The molecule has 0 bridgehead atoms. The summed E-state index contributed by atoms with van der Waals surface area (Å²) in [5.74, 6) is 0. The molecule has 1 aromatic carbocycles. The molecule has 2 heterocycles. The number of rotatable bonds is 2. The molecule has 102 valence electrons. The average molecular weight is 304 g/mol. The van der Waals surface area contributed by atoms with E-state index in [1.165, 1.54) is 22.7 Å². The van der Waals surface area contributed by atoms with Gasteiger partial charge in [-0.05, 0) is 0 Å². The fourth-order valence-corrected chi connectivity index (χ4v) is 3.40. The van der Waals surface area contributed by atoms with Crippen molar-refractivity contribution < 1.29 is 0 Å². The van der Waals surface area contributed by atoms with Gasteiger partial charge in [-0.1, -0.05) is 0 Å². The molecule has 0 radical (unpaired) electrons. The molecule has 8 N–H and O–H groups in total. The monoisotopic (exact) mass is 304 g/mol. The fraction of sp³-hybridized carbons (Fsp3) is 0. The van der Waals surface area contributed by atoms with Gasteiger partial charge in [0.05, 0.1) is 33.9 Å². The summed E-state index contributed by atoms with van der Waals surface area (Å²) in [7, 11) is 0. The molecule has 6 nitrogen and oxygen atoms in total.